The Morgan fingerprint density at radius 3 is 2.76 bits per heavy atom. The number of hydrogen-bond acceptors (Lipinski definition) is 6. The lowest BCUT2D eigenvalue weighted by Gasteiger charge is -2.11. The fourth-order valence-electron chi connectivity index (χ4n) is 1.53. The second kappa shape index (κ2) is 4.84. The van der Waals surface area contributed by atoms with E-state index < -0.39 is 0 Å². The number of nitrogens with two attached hydrogens (primary N) is 2. The average Bonchev–Trinajstić information content (AvgIpc) is 2.36. The van der Waals surface area contributed by atoms with Gasteiger partial charge in [-0.25, -0.2) is 9.97 Å². The maximum atomic E-state index is 5.77. The lowest BCUT2D eigenvalue weighted by atomic mass is 10.2. The van der Waals surface area contributed by atoms with Gasteiger partial charge in [-0.2, -0.15) is 0 Å². The van der Waals surface area contributed by atoms with Crippen molar-refractivity contribution in [3.63, 3.8) is 0 Å². The highest BCUT2D eigenvalue weighted by molar-refractivity contribution is 5.90. The SMILES string of the molecule is COc1cc2ncnc(N)c2cc1OCCN. The average molecular weight is 234 g/mol. The van der Waals surface area contributed by atoms with Crippen LogP contribution in [0.2, 0.25) is 0 Å². The van der Waals surface area contributed by atoms with Gasteiger partial charge in [0.05, 0.1) is 12.6 Å². The minimum Gasteiger partial charge on any atom is -0.493 e. The molecule has 0 saturated heterocycles. The molecule has 17 heavy (non-hydrogen) atoms. The molecule has 0 radical (unpaired) electrons. The van der Waals surface area contributed by atoms with E-state index in [1.165, 1.54) is 6.33 Å². The largest absolute Gasteiger partial charge is 0.493 e. The van der Waals surface area contributed by atoms with Crippen molar-refractivity contribution >= 4 is 16.7 Å². The summed E-state index contributed by atoms with van der Waals surface area (Å²) in [7, 11) is 1.57. The zero-order valence-electron chi connectivity index (χ0n) is 9.51. The van der Waals surface area contributed by atoms with Gasteiger partial charge in [0.25, 0.3) is 0 Å². The summed E-state index contributed by atoms with van der Waals surface area (Å²) in [6.07, 6.45) is 1.41. The number of aromatic nitrogens is 2. The van der Waals surface area contributed by atoms with E-state index in [-0.39, 0.29) is 0 Å². The van der Waals surface area contributed by atoms with Crippen LogP contribution >= 0.6 is 0 Å². The maximum Gasteiger partial charge on any atom is 0.162 e. The van der Waals surface area contributed by atoms with Crippen molar-refractivity contribution < 1.29 is 9.47 Å². The van der Waals surface area contributed by atoms with E-state index in [0.29, 0.717) is 30.5 Å². The summed E-state index contributed by atoms with van der Waals surface area (Å²) < 4.78 is 10.7. The van der Waals surface area contributed by atoms with Gasteiger partial charge in [0, 0.05) is 18.0 Å². The lowest BCUT2D eigenvalue weighted by Crippen LogP contribution is -2.11. The topological polar surface area (TPSA) is 96.3 Å². The van der Waals surface area contributed by atoms with E-state index in [1.807, 2.05) is 0 Å². The second-order valence-corrected chi connectivity index (χ2v) is 3.42. The summed E-state index contributed by atoms with van der Waals surface area (Å²) in [6, 6.07) is 3.53. The molecular formula is C11H14N4O2. The van der Waals surface area contributed by atoms with Gasteiger partial charge in [0.1, 0.15) is 18.8 Å². The number of nitrogens with zero attached hydrogens (tertiary/aromatic N) is 2. The first kappa shape index (κ1) is 11.4. The van der Waals surface area contributed by atoms with Crippen LogP contribution in [0.1, 0.15) is 0 Å². The van der Waals surface area contributed by atoms with Crippen LogP contribution < -0.4 is 20.9 Å². The highest BCUT2D eigenvalue weighted by Crippen LogP contribution is 2.32. The van der Waals surface area contributed by atoms with Crippen LogP contribution in [0.4, 0.5) is 5.82 Å². The summed E-state index contributed by atoms with van der Waals surface area (Å²) >= 11 is 0. The fourth-order valence-corrected chi connectivity index (χ4v) is 1.53. The van der Waals surface area contributed by atoms with Crippen LogP contribution in [0.15, 0.2) is 18.5 Å². The molecule has 0 amide bonds. The molecule has 0 saturated carbocycles. The number of methoxy groups -OCH3 is 1. The summed E-state index contributed by atoms with van der Waals surface area (Å²) in [5.74, 6) is 1.60. The van der Waals surface area contributed by atoms with Gasteiger partial charge in [-0.1, -0.05) is 0 Å². The molecule has 0 unspecified atom stereocenters. The molecule has 0 spiro atoms. The monoisotopic (exact) mass is 234 g/mol. The molecule has 0 atom stereocenters. The smallest absolute Gasteiger partial charge is 0.162 e. The molecule has 90 valence electrons. The van der Waals surface area contributed by atoms with Crippen LogP contribution in [0.5, 0.6) is 11.5 Å². The van der Waals surface area contributed by atoms with E-state index >= 15 is 0 Å². The molecule has 6 nitrogen and oxygen atoms in total. The Kier molecular flexibility index (Phi) is 3.24. The number of benzene rings is 1. The van der Waals surface area contributed by atoms with Gasteiger partial charge in [-0.3, -0.25) is 0 Å². The van der Waals surface area contributed by atoms with Crippen molar-refractivity contribution in [1.29, 1.82) is 0 Å². The number of fused-ring (bicyclic) bond motifs is 1. The van der Waals surface area contributed by atoms with Crippen LogP contribution in [-0.4, -0.2) is 30.2 Å². The van der Waals surface area contributed by atoms with Gasteiger partial charge in [0.2, 0.25) is 0 Å². The molecule has 1 heterocycles. The predicted octanol–water partition coefficient (Wildman–Crippen LogP) is 0.558. The third kappa shape index (κ3) is 2.21. The normalized spacial score (nSPS) is 10.5. The summed E-state index contributed by atoms with van der Waals surface area (Å²) in [6.45, 7) is 0.845. The number of ether oxygens (including phenoxy) is 2. The number of nitrogen functional groups attached to an aromatic ring is 1. The molecule has 2 aromatic rings. The third-order valence-corrected chi connectivity index (χ3v) is 2.33. The van der Waals surface area contributed by atoms with Crippen LogP contribution in [-0.2, 0) is 0 Å². The van der Waals surface area contributed by atoms with Gasteiger partial charge in [-0.05, 0) is 6.07 Å². The molecule has 0 bridgehead atoms. The Morgan fingerprint density at radius 1 is 1.24 bits per heavy atom. The standard InChI is InChI=1S/C11H14N4O2/c1-16-9-5-8-7(11(13)15-6-14-8)4-10(9)17-3-2-12/h4-6H,2-3,12H2,1H3,(H2,13,14,15). The molecule has 0 aliphatic heterocycles. The Hall–Kier alpha value is -2.08. The molecule has 1 aromatic heterocycles. The van der Waals surface area contributed by atoms with Crippen molar-refractivity contribution in [2.75, 3.05) is 26.0 Å². The molecule has 0 aliphatic carbocycles. The minimum absolute atomic E-state index is 0.412. The Bertz CT molecular complexity index is 530. The van der Waals surface area contributed by atoms with Gasteiger partial charge in [0.15, 0.2) is 11.5 Å². The molecule has 1 aromatic carbocycles. The summed E-state index contributed by atoms with van der Waals surface area (Å²) in [5.41, 5.74) is 11.9. The van der Waals surface area contributed by atoms with Crippen LogP contribution in [0.3, 0.4) is 0 Å². The van der Waals surface area contributed by atoms with Crippen molar-refractivity contribution in [2.24, 2.45) is 5.73 Å². The Labute approximate surface area is 98.6 Å². The Morgan fingerprint density at radius 2 is 2.06 bits per heavy atom. The molecule has 0 fully saturated rings. The van der Waals surface area contributed by atoms with Gasteiger partial charge < -0.3 is 20.9 Å². The number of hydrogen-bond donors (Lipinski definition) is 2. The van der Waals surface area contributed by atoms with E-state index in [9.17, 15) is 0 Å². The fraction of sp³-hybridized carbons (Fsp3) is 0.273. The van der Waals surface area contributed by atoms with Crippen LogP contribution in [0.25, 0.3) is 10.9 Å². The van der Waals surface area contributed by atoms with Crippen molar-refractivity contribution in [3.05, 3.63) is 18.5 Å². The minimum atomic E-state index is 0.412. The summed E-state index contributed by atoms with van der Waals surface area (Å²) in [4.78, 5) is 8.05. The molecule has 0 aliphatic rings. The zero-order chi connectivity index (χ0) is 12.3. The highest BCUT2D eigenvalue weighted by atomic mass is 16.5. The quantitative estimate of drug-likeness (QED) is 0.802. The zero-order valence-corrected chi connectivity index (χ0v) is 9.51. The van der Waals surface area contributed by atoms with Crippen molar-refractivity contribution in [2.45, 2.75) is 0 Å². The van der Waals surface area contributed by atoms with Gasteiger partial charge >= 0.3 is 0 Å². The number of rotatable bonds is 4. The lowest BCUT2D eigenvalue weighted by molar-refractivity contribution is 0.303. The number of anilines is 1. The second-order valence-electron chi connectivity index (χ2n) is 3.42. The van der Waals surface area contributed by atoms with E-state index in [1.54, 1.807) is 19.2 Å². The first-order valence-electron chi connectivity index (χ1n) is 5.17. The van der Waals surface area contributed by atoms with Crippen molar-refractivity contribution in [3.8, 4) is 11.5 Å². The van der Waals surface area contributed by atoms with Crippen LogP contribution in [0, 0.1) is 0 Å². The van der Waals surface area contributed by atoms with E-state index in [4.69, 9.17) is 20.9 Å². The molecule has 4 N–H and O–H groups in total. The molecule has 6 heteroatoms. The van der Waals surface area contributed by atoms with Gasteiger partial charge in [-0.15, -0.1) is 0 Å². The first-order chi connectivity index (χ1) is 8.26. The first-order valence-corrected chi connectivity index (χ1v) is 5.17. The Balaban J connectivity index is 2.53. The summed E-state index contributed by atoms with van der Waals surface area (Å²) in [5, 5.41) is 0.736. The molecule has 2 rings (SSSR count). The third-order valence-electron chi connectivity index (χ3n) is 2.33. The van der Waals surface area contributed by atoms with E-state index in [2.05, 4.69) is 9.97 Å². The molecular weight excluding hydrogens is 220 g/mol. The highest BCUT2D eigenvalue weighted by Gasteiger charge is 2.09. The van der Waals surface area contributed by atoms with E-state index in [0.717, 1.165) is 10.9 Å². The predicted molar refractivity (Wildman–Crippen MR) is 65.1 cm³/mol. The van der Waals surface area contributed by atoms with Crippen molar-refractivity contribution in [1.82, 2.24) is 9.97 Å². The maximum absolute atomic E-state index is 5.77.